The molecule has 5 heteroatoms. The Bertz CT molecular complexity index is 186. The van der Waals surface area contributed by atoms with Crippen LogP contribution in [0, 0.1) is 0 Å². The standard InChI is InChI=1S/2C7H14O2.Ca/c2*1-2-3-4-5-6-7(8)9;/h2*2-6H2,1H3,(H,8,9);/q;;+2/p-2. The molecule has 0 aromatic carbocycles. The van der Waals surface area contributed by atoms with E-state index < -0.39 is 11.9 Å². The molecule has 0 aromatic heterocycles. The van der Waals surface area contributed by atoms with Crippen molar-refractivity contribution in [2.75, 3.05) is 0 Å². The third-order valence-electron chi connectivity index (χ3n) is 2.47. The van der Waals surface area contributed by atoms with Crippen LogP contribution in [-0.2, 0) is 9.59 Å². The molecule has 0 unspecified atom stereocenters. The van der Waals surface area contributed by atoms with Crippen LogP contribution in [0.25, 0.3) is 0 Å². The Hall–Kier alpha value is 0.200. The first-order valence-corrected chi connectivity index (χ1v) is 6.94. The molecule has 108 valence electrons. The molecule has 0 saturated carbocycles. The molecule has 0 heterocycles. The minimum atomic E-state index is -0.925. The Morgan fingerprint density at radius 2 is 1.00 bits per heavy atom. The zero-order valence-electron chi connectivity index (χ0n) is 12.4. The Balaban J connectivity index is -0.000000256. The van der Waals surface area contributed by atoms with Gasteiger partial charge in [0, 0.05) is 11.9 Å². The second-order valence-electron chi connectivity index (χ2n) is 4.37. The van der Waals surface area contributed by atoms with Crippen LogP contribution in [-0.4, -0.2) is 49.7 Å². The molecular weight excluding hydrogens is 272 g/mol. The van der Waals surface area contributed by atoms with E-state index in [1.807, 2.05) is 0 Å². The van der Waals surface area contributed by atoms with Gasteiger partial charge in [0.1, 0.15) is 0 Å². The predicted octanol–water partition coefficient (Wildman–Crippen LogP) is 1.03. The third-order valence-corrected chi connectivity index (χ3v) is 2.47. The molecule has 0 aliphatic rings. The maximum absolute atomic E-state index is 9.85. The fourth-order valence-corrected chi connectivity index (χ4v) is 1.39. The summed E-state index contributed by atoms with van der Waals surface area (Å²) in [6, 6.07) is 0. The van der Waals surface area contributed by atoms with Crippen LogP contribution >= 0.6 is 0 Å². The summed E-state index contributed by atoms with van der Waals surface area (Å²) in [4.78, 5) is 19.7. The van der Waals surface area contributed by atoms with Crippen molar-refractivity contribution in [3.8, 4) is 0 Å². The van der Waals surface area contributed by atoms with E-state index in [2.05, 4.69) is 13.8 Å². The summed E-state index contributed by atoms with van der Waals surface area (Å²) in [5.41, 5.74) is 0. The molecule has 19 heavy (non-hydrogen) atoms. The fourth-order valence-electron chi connectivity index (χ4n) is 1.39. The average molecular weight is 298 g/mol. The zero-order valence-corrected chi connectivity index (χ0v) is 14.6. The Morgan fingerprint density at radius 1 is 0.684 bits per heavy atom. The number of hydrogen-bond donors (Lipinski definition) is 0. The van der Waals surface area contributed by atoms with Gasteiger partial charge >= 0.3 is 37.7 Å². The van der Waals surface area contributed by atoms with Gasteiger partial charge in [-0.2, -0.15) is 0 Å². The van der Waals surface area contributed by atoms with Gasteiger partial charge in [0.05, 0.1) is 0 Å². The van der Waals surface area contributed by atoms with E-state index >= 15 is 0 Å². The summed E-state index contributed by atoms with van der Waals surface area (Å²) in [6.45, 7) is 4.19. The van der Waals surface area contributed by atoms with Gasteiger partial charge in [-0.15, -0.1) is 0 Å². The first kappa shape index (κ1) is 24.2. The molecule has 0 atom stereocenters. The summed E-state index contributed by atoms with van der Waals surface area (Å²) < 4.78 is 0. The normalized spacial score (nSPS) is 8.95. The number of aliphatic carboxylic acids is 2. The summed E-state index contributed by atoms with van der Waals surface area (Å²) in [7, 11) is 0. The van der Waals surface area contributed by atoms with Crippen molar-refractivity contribution in [2.45, 2.75) is 78.1 Å². The molecule has 0 bridgehead atoms. The van der Waals surface area contributed by atoms with Crippen LogP contribution in [0.4, 0.5) is 0 Å². The smallest absolute Gasteiger partial charge is 0.550 e. The van der Waals surface area contributed by atoms with Crippen LogP contribution in [0.15, 0.2) is 0 Å². The second-order valence-corrected chi connectivity index (χ2v) is 4.37. The van der Waals surface area contributed by atoms with Crippen molar-refractivity contribution in [2.24, 2.45) is 0 Å². The van der Waals surface area contributed by atoms with E-state index in [0.717, 1.165) is 51.4 Å². The van der Waals surface area contributed by atoms with E-state index in [9.17, 15) is 19.8 Å². The number of rotatable bonds is 10. The van der Waals surface area contributed by atoms with Crippen molar-refractivity contribution in [1.82, 2.24) is 0 Å². The molecule has 0 fully saturated rings. The number of carboxylic acid groups (broad SMARTS) is 2. The predicted molar refractivity (Wildman–Crippen MR) is 73.3 cm³/mol. The van der Waals surface area contributed by atoms with E-state index in [4.69, 9.17) is 0 Å². The van der Waals surface area contributed by atoms with E-state index in [-0.39, 0.29) is 50.6 Å². The summed E-state index contributed by atoms with van der Waals surface area (Å²) in [5.74, 6) is -1.85. The molecule has 4 nitrogen and oxygen atoms in total. The topological polar surface area (TPSA) is 80.3 Å². The number of carbonyl (C=O) groups excluding carboxylic acids is 2. The minimum Gasteiger partial charge on any atom is -0.550 e. The van der Waals surface area contributed by atoms with Gasteiger partial charge < -0.3 is 19.8 Å². The quantitative estimate of drug-likeness (QED) is 0.446. The van der Waals surface area contributed by atoms with Gasteiger partial charge in [0.2, 0.25) is 0 Å². The average Bonchev–Trinajstić information content (AvgIpc) is 2.31. The molecule has 0 aliphatic heterocycles. The van der Waals surface area contributed by atoms with Crippen LogP contribution < -0.4 is 10.2 Å². The largest absolute Gasteiger partial charge is 2.00 e. The van der Waals surface area contributed by atoms with Crippen LogP contribution in [0.2, 0.25) is 0 Å². The fraction of sp³-hybridized carbons (Fsp3) is 0.857. The monoisotopic (exact) mass is 298 g/mol. The summed E-state index contributed by atoms with van der Waals surface area (Å²) >= 11 is 0. The molecule has 0 aliphatic carbocycles. The van der Waals surface area contributed by atoms with Gasteiger partial charge in [0.15, 0.2) is 0 Å². The van der Waals surface area contributed by atoms with Crippen LogP contribution in [0.5, 0.6) is 0 Å². The number of hydrogen-bond acceptors (Lipinski definition) is 4. The number of carboxylic acids is 2. The zero-order chi connectivity index (χ0) is 14.2. The third kappa shape index (κ3) is 32.1. The minimum absolute atomic E-state index is 0. The van der Waals surface area contributed by atoms with E-state index in [1.54, 1.807) is 0 Å². The Morgan fingerprint density at radius 3 is 1.21 bits per heavy atom. The maximum atomic E-state index is 9.85. The molecule has 0 N–H and O–H groups in total. The van der Waals surface area contributed by atoms with E-state index in [0.29, 0.717) is 0 Å². The van der Waals surface area contributed by atoms with Gasteiger partial charge in [-0.1, -0.05) is 52.4 Å². The van der Waals surface area contributed by atoms with Crippen molar-refractivity contribution >= 4 is 49.7 Å². The van der Waals surface area contributed by atoms with Crippen molar-refractivity contribution in [3.63, 3.8) is 0 Å². The van der Waals surface area contributed by atoms with Gasteiger partial charge in [-0.05, 0) is 25.7 Å². The van der Waals surface area contributed by atoms with Crippen LogP contribution in [0.3, 0.4) is 0 Å². The number of carbonyl (C=O) groups is 2. The SMILES string of the molecule is CCCCCCC(=O)[O-].CCCCCCC(=O)[O-].[Ca+2]. The van der Waals surface area contributed by atoms with Crippen molar-refractivity contribution < 1.29 is 19.8 Å². The Kier molecular flexibility index (Phi) is 26.2. The van der Waals surface area contributed by atoms with Crippen molar-refractivity contribution in [1.29, 1.82) is 0 Å². The number of unbranched alkanes of at least 4 members (excludes halogenated alkanes) is 6. The summed E-state index contributed by atoms with van der Waals surface area (Å²) in [5, 5.41) is 19.7. The molecule has 0 radical (unpaired) electrons. The molecule has 0 aromatic rings. The van der Waals surface area contributed by atoms with Crippen LogP contribution in [0.1, 0.15) is 78.1 Å². The van der Waals surface area contributed by atoms with Gasteiger partial charge in [-0.3, -0.25) is 0 Å². The first-order valence-electron chi connectivity index (χ1n) is 6.94. The second kappa shape index (κ2) is 20.5. The molecule has 0 spiro atoms. The van der Waals surface area contributed by atoms with E-state index in [1.165, 1.54) is 0 Å². The summed E-state index contributed by atoms with van der Waals surface area (Å²) in [6.07, 6.45) is 8.59. The first-order chi connectivity index (χ1) is 8.54. The Labute approximate surface area is 147 Å². The molecule has 0 rings (SSSR count). The molecule has 0 amide bonds. The van der Waals surface area contributed by atoms with Gasteiger partial charge in [-0.25, -0.2) is 0 Å². The maximum Gasteiger partial charge on any atom is 2.00 e. The van der Waals surface area contributed by atoms with Crippen molar-refractivity contribution in [3.05, 3.63) is 0 Å². The van der Waals surface area contributed by atoms with Gasteiger partial charge in [0.25, 0.3) is 0 Å². The molecular formula is C14H26CaO4. The molecule has 0 saturated heterocycles.